The minimum atomic E-state index is -0.283. The Morgan fingerprint density at radius 2 is 2.28 bits per heavy atom. The van der Waals surface area contributed by atoms with E-state index in [0.29, 0.717) is 17.8 Å². The van der Waals surface area contributed by atoms with Gasteiger partial charge < -0.3 is 5.32 Å². The first-order chi connectivity index (χ1) is 8.70. The second-order valence-electron chi connectivity index (χ2n) is 3.73. The third kappa shape index (κ3) is 2.88. The average molecular weight is 261 g/mol. The maximum Gasteiger partial charge on any atom is 0.261 e. The molecule has 0 saturated heterocycles. The van der Waals surface area contributed by atoms with E-state index in [4.69, 9.17) is 0 Å². The van der Waals surface area contributed by atoms with Crippen LogP contribution in [0.15, 0.2) is 24.3 Å². The second kappa shape index (κ2) is 5.65. The SMILES string of the molecule is CC#CCCNC(=O)c1cc2ccc(F)cc2s1. The van der Waals surface area contributed by atoms with Crippen LogP contribution in [0.4, 0.5) is 4.39 Å². The van der Waals surface area contributed by atoms with E-state index in [-0.39, 0.29) is 11.7 Å². The molecule has 1 amide bonds. The number of hydrogen-bond donors (Lipinski definition) is 1. The van der Waals surface area contributed by atoms with Crippen molar-refractivity contribution >= 4 is 27.3 Å². The molecule has 0 radical (unpaired) electrons. The molecule has 2 rings (SSSR count). The van der Waals surface area contributed by atoms with Gasteiger partial charge in [-0.05, 0) is 30.5 Å². The fourth-order valence-corrected chi connectivity index (χ4v) is 2.57. The van der Waals surface area contributed by atoms with E-state index in [1.165, 1.54) is 23.5 Å². The molecule has 2 aromatic rings. The van der Waals surface area contributed by atoms with Gasteiger partial charge in [0.25, 0.3) is 5.91 Å². The van der Waals surface area contributed by atoms with Crippen molar-refractivity contribution < 1.29 is 9.18 Å². The highest BCUT2D eigenvalue weighted by molar-refractivity contribution is 7.20. The van der Waals surface area contributed by atoms with Crippen LogP contribution >= 0.6 is 11.3 Å². The smallest absolute Gasteiger partial charge is 0.261 e. The first kappa shape index (κ1) is 12.6. The lowest BCUT2D eigenvalue weighted by Gasteiger charge is -1.98. The molecule has 0 aliphatic carbocycles. The lowest BCUT2D eigenvalue weighted by Crippen LogP contribution is -2.23. The third-order valence-corrected chi connectivity index (χ3v) is 3.51. The van der Waals surface area contributed by atoms with Gasteiger partial charge in [-0.3, -0.25) is 4.79 Å². The van der Waals surface area contributed by atoms with Crippen LogP contribution in [0.25, 0.3) is 10.1 Å². The van der Waals surface area contributed by atoms with Crippen LogP contribution in [0.3, 0.4) is 0 Å². The van der Waals surface area contributed by atoms with Gasteiger partial charge in [-0.15, -0.1) is 23.2 Å². The largest absolute Gasteiger partial charge is 0.350 e. The Hall–Kier alpha value is -1.86. The minimum Gasteiger partial charge on any atom is -0.350 e. The second-order valence-corrected chi connectivity index (χ2v) is 4.81. The van der Waals surface area contributed by atoms with Crippen LogP contribution in [0.2, 0.25) is 0 Å². The fraction of sp³-hybridized carbons (Fsp3) is 0.214. The van der Waals surface area contributed by atoms with Gasteiger partial charge in [0.2, 0.25) is 0 Å². The van der Waals surface area contributed by atoms with Gasteiger partial charge in [0.1, 0.15) is 5.82 Å². The summed E-state index contributed by atoms with van der Waals surface area (Å²) in [5, 5.41) is 3.67. The summed E-state index contributed by atoms with van der Waals surface area (Å²) < 4.78 is 13.8. The highest BCUT2D eigenvalue weighted by atomic mass is 32.1. The molecule has 0 atom stereocenters. The lowest BCUT2D eigenvalue weighted by molar-refractivity contribution is 0.0958. The predicted octanol–water partition coefficient (Wildman–Crippen LogP) is 3.18. The fourth-order valence-electron chi connectivity index (χ4n) is 1.57. The minimum absolute atomic E-state index is 0.130. The summed E-state index contributed by atoms with van der Waals surface area (Å²) in [4.78, 5) is 12.4. The van der Waals surface area contributed by atoms with Crippen LogP contribution in [0.1, 0.15) is 23.0 Å². The highest BCUT2D eigenvalue weighted by Gasteiger charge is 2.09. The van der Waals surface area contributed by atoms with E-state index < -0.39 is 0 Å². The molecule has 92 valence electrons. The van der Waals surface area contributed by atoms with E-state index in [1.54, 1.807) is 19.1 Å². The molecule has 4 heteroatoms. The van der Waals surface area contributed by atoms with Gasteiger partial charge in [-0.2, -0.15) is 0 Å². The number of carbonyl (C=O) groups excluding carboxylic acids is 1. The first-order valence-corrected chi connectivity index (χ1v) is 6.39. The number of nitrogens with one attached hydrogen (secondary N) is 1. The molecule has 0 saturated carbocycles. The number of fused-ring (bicyclic) bond motifs is 1. The summed E-state index contributed by atoms with van der Waals surface area (Å²) in [5.41, 5.74) is 0. The van der Waals surface area contributed by atoms with E-state index >= 15 is 0 Å². The number of thiophene rings is 1. The Balaban J connectivity index is 2.10. The molecule has 1 aromatic carbocycles. The number of halogens is 1. The van der Waals surface area contributed by atoms with Crippen molar-refractivity contribution in [2.45, 2.75) is 13.3 Å². The first-order valence-electron chi connectivity index (χ1n) is 5.57. The summed E-state index contributed by atoms with van der Waals surface area (Å²) in [6.07, 6.45) is 0.641. The molecule has 0 aliphatic rings. The monoisotopic (exact) mass is 261 g/mol. The number of rotatable bonds is 3. The maximum atomic E-state index is 13.0. The topological polar surface area (TPSA) is 29.1 Å². The van der Waals surface area contributed by atoms with Gasteiger partial charge in [-0.25, -0.2) is 4.39 Å². The van der Waals surface area contributed by atoms with E-state index in [9.17, 15) is 9.18 Å². The standard InChI is InChI=1S/C14H12FNOS/c1-2-3-4-7-16-14(17)13-8-10-5-6-11(15)9-12(10)18-13/h5-6,8-9H,4,7H2,1H3,(H,16,17). The van der Waals surface area contributed by atoms with Crippen molar-refractivity contribution in [2.24, 2.45) is 0 Å². The molecule has 18 heavy (non-hydrogen) atoms. The van der Waals surface area contributed by atoms with Crippen molar-refractivity contribution in [1.82, 2.24) is 5.32 Å². The molecule has 1 heterocycles. The number of hydrogen-bond acceptors (Lipinski definition) is 2. The molecule has 0 aliphatic heterocycles. The molecule has 0 unspecified atom stereocenters. The number of carbonyl (C=O) groups is 1. The van der Waals surface area contributed by atoms with Crippen LogP contribution in [0, 0.1) is 17.7 Å². The molecular formula is C14H12FNOS. The summed E-state index contributed by atoms with van der Waals surface area (Å²) in [6, 6.07) is 6.30. The van der Waals surface area contributed by atoms with E-state index in [1.807, 2.05) is 0 Å². The van der Waals surface area contributed by atoms with E-state index in [2.05, 4.69) is 17.2 Å². The molecular weight excluding hydrogens is 249 g/mol. The molecule has 2 nitrogen and oxygen atoms in total. The molecule has 1 N–H and O–H groups in total. The zero-order valence-electron chi connectivity index (χ0n) is 9.92. The number of amides is 1. The predicted molar refractivity (Wildman–Crippen MR) is 72.2 cm³/mol. The maximum absolute atomic E-state index is 13.0. The Bertz CT molecular complexity index is 636. The lowest BCUT2D eigenvalue weighted by atomic mass is 10.2. The van der Waals surface area contributed by atoms with Crippen LogP contribution in [-0.4, -0.2) is 12.5 Å². The molecule has 0 bridgehead atoms. The van der Waals surface area contributed by atoms with Crippen molar-refractivity contribution in [3.8, 4) is 11.8 Å². The summed E-state index contributed by atoms with van der Waals surface area (Å²) in [6.45, 7) is 2.30. The van der Waals surface area contributed by atoms with Crippen LogP contribution in [0.5, 0.6) is 0 Å². The normalized spacial score (nSPS) is 9.89. The Morgan fingerprint density at radius 3 is 3.06 bits per heavy atom. The molecule has 0 spiro atoms. The van der Waals surface area contributed by atoms with Crippen LogP contribution < -0.4 is 5.32 Å². The highest BCUT2D eigenvalue weighted by Crippen LogP contribution is 2.26. The van der Waals surface area contributed by atoms with Crippen molar-refractivity contribution in [1.29, 1.82) is 0 Å². The van der Waals surface area contributed by atoms with Crippen molar-refractivity contribution in [3.63, 3.8) is 0 Å². The summed E-state index contributed by atoms with van der Waals surface area (Å²) in [7, 11) is 0. The van der Waals surface area contributed by atoms with Gasteiger partial charge in [0.15, 0.2) is 0 Å². The van der Waals surface area contributed by atoms with Crippen LogP contribution in [-0.2, 0) is 0 Å². The third-order valence-electron chi connectivity index (χ3n) is 2.42. The zero-order chi connectivity index (χ0) is 13.0. The van der Waals surface area contributed by atoms with Gasteiger partial charge in [0.05, 0.1) is 4.88 Å². The number of benzene rings is 1. The average Bonchev–Trinajstić information content (AvgIpc) is 2.77. The molecule has 1 aromatic heterocycles. The van der Waals surface area contributed by atoms with Gasteiger partial charge in [0, 0.05) is 17.7 Å². The zero-order valence-corrected chi connectivity index (χ0v) is 10.7. The van der Waals surface area contributed by atoms with E-state index in [0.717, 1.165) is 10.1 Å². The Labute approximate surface area is 109 Å². The molecule has 0 fully saturated rings. The van der Waals surface area contributed by atoms with Crippen molar-refractivity contribution in [2.75, 3.05) is 6.54 Å². The van der Waals surface area contributed by atoms with Gasteiger partial charge >= 0.3 is 0 Å². The Morgan fingerprint density at radius 1 is 1.44 bits per heavy atom. The van der Waals surface area contributed by atoms with Crippen molar-refractivity contribution in [3.05, 3.63) is 35.0 Å². The quantitative estimate of drug-likeness (QED) is 0.667. The van der Waals surface area contributed by atoms with Gasteiger partial charge in [-0.1, -0.05) is 6.07 Å². The summed E-state index contributed by atoms with van der Waals surface area (Å²) in [5.74, 6) is 5.23. The Kier molecular flexibility index (Phi) is 3.96. The summed E-state index contributed by atoms with van der Waals surface area (Å²) >= 11 is 1.30.